The standard InChI is InChI=1S/C19H23ClN2O2S/c1-12-13(2)22(17-5-3-4-6-17)19(21-12)25-10-15-8-16(20)7-14-9-23-11-24-18(14)15/h7-8,17H,3-6,9-11H2,1-2H3. The summed E-state index contributed by atoms with van der Waals surface area (Å²) in [7, 11) is 0. The summed E-state index contributed by atoms with van der Waals surface area (Å²) in [5, 5.41) is 1.85. The van der Waals surface area contributed by atoms with E-state index >= 15 is 0 Å². The van der Waals surface area contributed by atoms with Crippen LogP contribution in [0.5, 0.6) is 5.75 Å². The Hall–Kier alpha value is -1.17. The second kappa shape index (κ2) is 7.22. The van der Waals surface area contributed by atoms with Gasteiger partial charge in [-0.3, -0.25) is 0 Å². The largest absolute Gasteiger partial charge is 0.467 e. The van der Waals surface area contributed by atoms with E-state index in [1.807, 2.05) is 12.1 Å². The summed E-state index contributed by atoms with van der Waals surface area (Å²) in [6.45, 7) is 5.16. The third-order valence-corrected chi connectivity index (χ3v) is 6.37. The van der Waals surface area contributed by atoms with Crippen LogP contribution in [0.25, 0.3) is 0 Å². The Morgan fingerprint density at radius 2 is 2.08 bits per heavy atom. The Balaban J connectivity index is 1.60. The zero-order chi connectivity index (χ0) is 17.4. The summed E-state index contributed by atoms with van der Waals surface area (Å²) in [5.74, 6) is 1.72. The van der Waals surface area contributed by atoms with Crippen LogP contribution in [-0.2, 0) is 17.1 Å². The lowest BCUT2D eigenvalue weighted by Crippen LogP contribution is -2.13. The molecule has 0 spiro atoms. The summed E-state index contributed by atoms with van der Waals surface area (Å²) >= 11 is 8.06. The molecule has 0 radical (unpaired) electrons. The van der Waals surface area contributed by atoms with Crippen LogP contribution in [0.3, 0.4) is 0 Å². The highest BCUT2D eigenvalue weighted by atomic mass is 35.5. The number of benzene rings is 1. The van der Waals surface area contributed by atoms with Crippen molar-refractivity contribution in [3.05, 3.63) is 39.7 Å². The normalized spacial score (nSPS) is 17.6. The molecule has 6 heteroatoms. The minimum atomic E-state index is 0.307. The van der Waals surface area contributed by atoms with Crippen LogP contribution in [0, 0.1) is 13.8 Å². The number of hydrogen-bond acceptors (Lipinski definition) is 4. The van der Waals surface area contributed by atoms with Crippen LogP contribution >= 0.6 is 23.4 Å². The van der Waals surface area contributed by atoms with Crippen molar-refractivity contribution in [1.29, 1.82) is 0 Å². The highest BCUT2D eigenvalue weighted by Gasteiger charge is 2.24. The monoisotopic (exact) mass is 378 g/mol. The molecule has 0 N–H and O–H groups in total. The van der Waals surface area contributed by atoms with Crippen LogP contribution < -0.4 is 4.74 Å². The topological polar surface area (TPSA) is 36.3 Å². The van der Waals surface area contributed by atoms with Gasteiger partial charge in [0.2, 0.25) is 0 Å². The van der Waals surface area contributed by atoms with E-state index in [-0.39, 0.29) is 0 Å². The molecule has 1 aromatic heterocycles. The van der Waals surface area contributed by atoms with E-state index < -0.39 is 0 Å². The predicted molar refractivity (Wildman–Crippen MR) is 101 cm³/mol. The number of hydrogen-bond donors (Lipinski definition) is 0. The fourth-order valence-corrected chi connectivity index (χ4v) is 5.19. The van der Waals surface area contributed by atoms with Crippen molar-refractivity contribution in [3.63, 3.8) is 0 Å². The van der Waals surface area contributed by atoms with E-state index in [2.05, 4.69) is 18.4 Å². The summed E-state index contributed by atoms with van der Waals surface area (Å²) in [4.78, 5) is 4.83. The smallest absolute Gasteiger partial charge is 0.189 e. The maximum absolute atomic E-state index is 6.29. The molecular formula is C19H23ClN2O2S. The Labute approximate surface area is 157 Å². The lowest BCUT2D eigenvalue weighted by Gasteiger charge is -2.21. The molecule has 134 valence electrons. The molecule has 4 rings (SSSR count). The maximum Gasteiger partial charge on any atom is 0.189 e. The first-order chi connectivity index (χ1) is 12.1. The highest BCUT2D eigenvalue weighted by molar-refractivity contribution is 7.98. The average Bonchev–Trinajstić information content (AvgIpc) is 3.21. The van der Waals surface area contributed by atoms with Crippen molar-refractivity contribution in [2.75, 3.05) is 6.79 Å². The van der Waals surface area contributed by atoms with Crippen molar-refractivity contribution in [3.8, 4) is 5.75 Å². The van der Waals surface area contributed by atoms with Gasteiger partial charge in [-0.15, -0.1) is 0 Å². The first-order valence-electron chi connectivity index (χ1n) is 8.83. The van der Waals surface area contributed by atoms with Crippen LogP contribution in [0.2, 0.25) is 5.02 Å². The molecule has 0 amide bonds. The Morgan fingerprint density at radius 1 is 1.28 bits per heavy atom. The molecule has 25 heavy (non-hydrogen) atoms. The predicted octanol–water partition coefficient (Wildman–Crippen LogP) is 5.43. The van der Waals surface area contributed by atoms with Crippen molar-refractivity contribution in [1.82, 2.24) is 9.55 Å². The van der Waals surface area contributed by atoms with Crippen LogP contribution in [0.1, 0.15) is 54.2 Å². The minimum absolute atomic E-state index is 0.307. The van der Waals surface area contributed by atoms with Crippen molar-refractivity contribution < 1.29 is 9.47 Å². The Bertz CT molecular complexity index is 784. The number of imidazole rings is 1. The molecule has 1 aliphatic carbocycles. The second-order valence-electron chi connectivity index (χ2n) is 6.83. The number of aromatic nitrogens is 2. The van der Waals surface area contributed by atoms with Gasteiger partial charge in [-0.05, 0) is 38.8 Å². The van der Waals surface area contributed by atoms with Gasteiger partial charge in [0.1, 0.15) is 5.75 Å². The average molecular weight is 379 g/mol. The molecule has 0 saturated heterocycles. The molecular weight excluding hydrogens is 356 g/mol. The van der Waals surface area contributed by atoms with Gasteiger partial charge < -0.3 is 14.0 Å². The third kappa shape index (κ3) is 3.42. The van der Waals surface area contributed by atoms with E-state index in [0.717, 1.165) is 38.5 Å². The summed E-state index contributed by atoms with van der Waals surface area (Å²) < 4.78 is 13.6. The van der Waals surface area contributed by atoms with Gasteiger partial charge in [-0.25, -0.2) is 4.98 Å². The van der Waals surface area contributed by atoms with E-state index in [1.54, 1.807) is 11.8 Å². The second-order valence-corrected chi connectivity index (χ2v) is 8.20. The summed E-state index contributed by atoms with van der Waals surface area (Å²) in [6.07, 6.45) is 5.16. The first kappa shape index (κ1) is 17.3. The Kier molecular flexibility index (Phi) is 4.98. The van der Waals surface area contributed by atoms with Gasteiger partial charge in [-0.1, -0.05) is 36.2 Å². The van der Waals surface area contributed by atoms with Crippen molar-refractivity contribution in [2.45, 2.75) is 63.1 Å². The number of halogens is 1. The van der Waals surface area contributed by atoms with Gasteiger partial charge >= 0.3 is 0 Å². The number of rotatable bonds is 4. The zero-order valence-corrected chi connectivity index (χ0v) is 16.3. The number of aryl methyl sites for hydroxylation is 1. The van der Waals surface area contributed by atoms with Crippen LogP contribution in [-0.4, -0.2) is 16.3 Å². The molecule has 0 unspecified atom stereocenters. The molecule has 0 atom stereocenters. The van der Waals surface area contributed by atoms with Crippen molar-refractivity contribution >= 4 is 23.4 Å². The van der Waals surface area contributed by atoms with Gasteiger partial charge in [0.25, 0.3) is 0 Å². The van der Waals surface area contributed by atoms with Gasteiger partial charge in [-0.2, -0.15) is 0 Å². The zero-order valence-electron chi connectivity index (χ0n) is 14.7. The quantitative estimate of drug-likeness (QED) is 0.665. The molecule has 1 fully saturated rings. The van der Waals surface area contributed by atoms with Gasteiger partial charge in [0.15, 0.2) is 11.9 Å². The van der Waals surface area contributed by atoms with Gasteiger partial charge in [0, 0.05) is 33.6 Å². The highest BCUT2D eigenvalue weighted by Crippen LogP contribution is 2.38. The summed E-state index contributed by atoms with van der Waals surface area (Å²) in [6, 6.07) is 4.53. The molecule has 2 aliphatic rings. The molecule has 1 saturated carbocycles. The molecule has 0 bridgehead atoms. The molecule has 1 aliphatic heterocycles. The van der Waals surface area contributed by atoms with Crippen molar-refractivity contribution in [2.24, 2.45) is 0 Å². The molecule has 1 aromatic carbocycles. The maximum atomic E-state index is 6.29. The first-order valence-corrected chi connectivity index (χ1v) is 10.2. The third-order valence-electron chi connectivity index (χ3n) is 5.15. The number of thioether (sulfide) groups is 1. The molecule has 4 nitrogen and oxygen atoms in total. The number of ether oxygens (including phenoxy) is 2. The van der Waals surface area contributed by atoms with E-state index in [0.29, 0.717) is 19.4 Å². The van der Waals surface area contributed by atoms with E-state index in [4.69, 9.17) is 26.1 Å². The SMILES string of the molecule is Cc1nc(SCc2cc(Cl)cc3c2OCOC3)n(C2CCCC2)c1C. The van der Waals surface area contributed by atoms with E-state index in [1.165, 1.54) is 31.4 Å². The lowest BCUT2D eigenvalue weighted by molar-refractivity contribution is -0.0168. The number of fused-ring (bicyclic) bond motifs is 1. The summed E-state index contributed by atoms with van der Waals surface area (Å²) in [5.41, 5.74) is 4.58. The molecule has 2 heterocycles. The van der Waals surface area contributed by atoms with E-state index in [9.17, 15) is 0 Å². The number of nitrogens with zero attached hydrogens (tertiary/aromatic N) is 2. The minimum Gasteiger partial charge on any atom is -0.467 e. The van der Waals surface area contributed by atoms with Crippen LogP contribution in [0.4, 0.5) is 0 Å². The van der Waals surface area contributed by atoms with Gasteiger partial charge in [0.05, 0.1) is 12.3 Å². The fourth-order valence-electron chi connectivity index (χ4n) is 3.80. The lowest BCUT2D eigenvalue weighted by atomic mass is 10.1. The fraction of sp³-hybridized carbons (Fsp3) is 0.526. The van der Waals surface area contributed by atoms with Crippen LogP contribution in [0.15, 0.2) is 17.3 Å². The Morgan fingerprint density at radius 3 is 2.88 bits per heavy atom. The molecule has 2 aromatic rings.